The SMILES string of the molecule is Cc1[nH]ncc1C(=O)Nc1ccnn1C1CNC1. The molecular weight excluding hydrogens is 232 g/mol. The van der Waals surface area contributed by atoms with Gasteiger partial charge in [-0.2, -0.15) is 10.2 Å². The number of nitrogens with one attached hydrogen (secondary N) is 3. The lowest BCUT2D eigenvalue weighted by atomic mass is 10.2. The third-order valence-electron chi connectivity index (χ3n) is 3.09. The number of aromatic amines is 1. The Kier molecular flexibility index (Phi) is 2.60. The van der Waals surface area contributed by atoms with Gasteiger partial charge in [-0.15, -0.1) is 0 Å². The topological polar surface area (TPSA) is 87.6 Å². The van der Waals surface area contributed by atoms with E-state index in [9.17, 15) is 4.79 Å². The second kappa shape index (κ2) is 4.26. The number of H-pyrrole nitrogens is 1. The monoisotopic (exact) mass is 246 g/mol. The van der Waals surface area contributed by atoms with Gasteiger partial charge in [0.05, 0.1) is 24.0 Å². The number of rotatable bonds is 3. The lowest BCUT2D eigenvalue weighted by Crippen LogP contribution is -2.44. The molecule has 1 fully saturated rings. The van der Waals surface area contributed by atoms with Crippen molar-refractivity contribution in [2.45, 2.75) is 13.0 Å². The molecule has 1 aliphatic rings. The molecule has 0 bridgehead atoms. The van der Waals surface area contributed by atoms with Crippen LogP contribution in [0.1, 0.15) is 22.1 Å². The molecule has 18 heavy (non-hydrogen) atoms. The fraction of sp³-hybridized carbons (Fsp3) is 0.364. The summed E-state index contributed by atoms with van der Waals surface area (Å²) in [6.07, 6.45) is 3.21. The highest BCUT2D eigenvalue weighted by Crippen LogP contribution is 2.18. The highest BCUT2D eigenvalue weighted by atomic mass is 16.1. The summed E-state index contributed by atoms with van der Waals surface area (Å²) < 4.78 is 1.84. The first-order valence-electron chi connectivity index (χ1n) is 5.81. The van der Waals surface area contributed by atoms with Gasteiger partial charge >= 0.3 is 0 Å². The van der Waals surface area contributed by atoms with Crippen molar-refractivity contribution in [3.63, 3.8) is 0 Å². The number of carbonyl (C=O) groups excluding carboxylic acids is 1. The third-order valence-corrected chi connectivity index (χ3v) is 3.09. The summed E-state index contributed by atoms with van der Waals surface area (Å²) in [5.74, 6) is 0.544. The van der Waals surface area contributed by atoms with Crippen molar-refractivity contribution in [1.82, 2.24) is 25.3 Å². The maximum Gasteiger partial charge on any atom is 0.260 e. The van der Waals surface area contributed by atoms with Gasteiger partial charge in [0, 0.05) is 24.8 Å². The minimum atomic E-state index is -0.171. The van der Waals surface area contributed by atoms with Gasteiger partial charge < -0.3 is 10.6 Å². The van der Waals surface area contributed by atoms with Crippen LogP contribution in [0.3, 0.4) is 0 Å². The van der Waals surface area contributed by atoms with Gasteiger partial charge in [0.25, 0.3) is 5.91 Å². The second-order valence-corrected chi connectivity index (χ2v) is 4.34. The third kappa shape index (κ3) is 1.78. The molecule has 3 heterocycles. The number of hydrogen-bond donors (Lipinski definition) is 3. The van der Waals surface area contributed by atoms with Crippen LogP contribution in [-0.2, 0) is 0 Å². The van der Waals surface area contributed by atoms with Gasteiger partial charge in [-0.05, 0) is 6.92 Å². The molecule has 2 aromatic heterocycles. The molecule has 7 nitrogen and oxygen atoms in total. The predicted molar refractivity (Wildman–Crippen MR) is 65.4 cm³/mol. The number of nitrogens with zero attached hydrogens (tertiary/aromatic N) is 3. The normalized spacial score (nSPS) is 15.4. The van der Waals surface area contributed by atoms with E-state index in [1.54, 1.807) is 12.3 Å². The molecule has 0 radical (unpaired) electrons. The molecule has 0 saturated carbocycles. The van der Waals surface area contributed by atoms with Crippen molar-refractivity contribution in [3.8, 4) is 0 Å². The molecule has 94 valence electrons. The number of anilines is 1. The van der Waals surface area contributed by atoms with E-state index in [0.29, 0.717) is 17.4 Å². The van der Waals surface area contributed by atoms with Crippen LogP contribution in [0.5, 0.6) is 0 Å². The van der Waals surface area contributed by atoms with Crippen molar-refractivity contribution >= 4 is 11.7 Å². The highest BCUT2D eigenvalue weighted by molar-refractivity contribution is 6.04. The van der Waals surface area contributed by atoms with Crippen LogP contribution < -0.4 is 10.6 Å². The Labute approximate surface area is 104 Å². The summed E-state index contributed by atoms with van der Waals surface area (Å²) in [6.45, 7) is 3.58. The lowest BCUT2D eigenvalue weighted by molar-refractivity contribution is 0.102. The van der Waals surface area contributed by atoms with E-state index in [1.165, 1.54) is 6.20 Å². The van der Waals surface area contributed by atoms with E-state index in [2.05, 4.69) is 25.9 Å². The summed E-state index contributed by atoms with van der Waals surface area (Å²) in [6, 6.07) is 2.12. The molecule has 1 aliphatic heterocycles. The van der Waals surface area contributed by atoms with Gasteiger partial charge in [-0.25, -0.2) is 4.68 Å². The van der Waals surface area contributed by atoms with E-state index in [0.717, 1.165) is 18.8 Å². The van der Waals surface area contributed by atoms with E-state index < -0.39 is 0 Å². The van der Waals surface area contributed by atoms with E-state index >= 15 is 0 Å². The number of aromatic nitrogens is 4. The summed E-state index contributed by atoms with van der Waals surface area (Å²) in [5.41, 5.74) is 1.30. The average molecular weight is 246 g/mol. The minimum absolute atomic E-state index is 0.171. The maximum atomic E-state index is 12.0. The summed E-state index contributed by atoms with van der Waals surface area (Å²) in [7, 11) is 0. The molecule has 0 unspecified atom stereocenters. The number of amides is 1. The van der Waals surface area contributed by atoms with Crippen LogP contribution in [0.25, 0.3) is 0 Å². The van der Waals surface area contributed by atoms with E-state index in [-0.39, 0.29) is 5.91 Å². The zero-order chi connectivity index (χ0) is 12.5. The van der Waals surface area contributed by atoms with Crippen LogP contribution in [0.4, 0.5) is 5.82 Å². The van der Waals surface area contributed by atoms with Crippen LogP contribution >= 0.6 is 0 Å². The molecule has 3 N–H and O–H groups in total. The molecule has 1 saturated heterocycles. The summed E-state index contributed by atoms with van der Waals surface area (Å²) >= 11 is 0. The largest absolute Gasteiger partial charge is 0.312 e. The zero-order valence-electron chi connectivity index (χ0n) is 9.97. The number of hydrogen-bond acceptors (Lipinski definition) is 4. The van der Waals surface area contributed by atoms with Gasteiger partial charge in [0.1, 0.15) is 5.82 Å². The van der Waals surface area contributed by atoms with Crippen LogP contribution in [0.2, 0.25) is 0 Å². The fourth-order valence-electron chi connectivity index (χ4n) is 1.91. The standard InChI is InChI=1S/C11H14N6O/c1-7-9(6-13-16-7)11(18)15-10-2-3-14-17(10)8-4-12-5-8/h2-3,6,8,12H,4-5H2,1H3,(H,13,16)(H,15,18). The van der Waals surface area contributed by atoms with Crippen molar-refractivity contribution in [1.29, 1.82) is 0 Å². The van der Waals surface area contributed by atoms with E-state index in [1.807, 2.05) is 11.6 Å². The van der Waals surface area contributed by atoms with Crippen molar-refractivity contribution in [2.75, 3.05) is 18.4 Å². The molecule has 0 spiro atoms. The molecule has 1 amide bonds. The van der Waals surface area contributed by atoms with Crippen molar-refractivity contribution < 1.29 is 4.79 Å². The van der Waals surface area contributed by atoms with E-state index in [4.69, 9.17) is 0 Å². The zero-order valence-corrected chi connectivity index (χ0v) is 9.97. The van der Waals surface area contributed by atoms with Gasteiger partial charge in [0.2, 0.25) is 0 Å². The Balaban J connectivity index is 1.78. The second-order valence-electron chi connectivity index (χ2n) is 4.34. The van der Waals surface area contributed by atoms with Crippen molar-refractivity contribution in [2.24, 2.45) is 0 Å². The Morgan fingerprint density at radius 2 is 2.39 bits per heavy atom. The Morgan fingerprint density at radius 1 is 1.56 bits per heavy atom. The van der Waals surface area contributed by atoms with Gasteiger partial charge in [-0.3, -0.25) is 9.89 Å². The smallest absolute Gasteiger partial charge is 0.260 e. The molecule has 2 aromatic rings. The molecule has 0 atom stereocenters. The predicted octanol–water partition coefficient (Wildman–Crippen LogP) is 0.311. The Bertz CT molecular complexity index is 568. The first-order chi connectivity index (χ1) is 8.75. The molecule has 7 heteroatoms. The first-order valence-corrected chi connectivity index (χ1v) is 5.81. The maximum absolute atomic E-state index is 12.0. The molecule has 0 aliphatic carbocycles. The fourth-order valence-corrected chi connectivity index (χ4v) is 1.91. The van der Waals surface area contributed by atoms with Crippen LogP contribution in [0.15, 0.2) is 18.5 Å². The van der Waals surface area contributed by atoms with Gasteiger partial charge in [0.15, 0.2) is 0 Å². The van der Waals surface area contributed by atoms with Crippen LogP contribution in [-0.4, -0.2) is 39.0 Å². The number of aryl methyl sites for hydroxylation is 1. The minimum Gasteiger partial charge on any atom is -0.312 e. The first kappa shape index (κ1) is 11.0. The highest BCUT2D eigenvalue weighted by Gasteiger charge is 2.22. The Morgan fingerprint density at radius 3 is 3.00 bits per heavy atom. The Hall–Kier alpha value is -2.15. The molecule has 0 aromatic carbocycles. The van der Waals surface area contributed by atoms with Gasteiger partial charge in [-0.1, -0.05) is 0 Å². The lowest BCUT2D eigenvalue weighted by Gasteiger charge is -2.28. The summed E-state index contributed by atoms with van der Waals surface area (Å²) in [4.78, 5) is 12.0. The average Bonchev–Trinajstić information content (AvgIpc) is 2.86. The number of carbonyl (C=O) groups is 1. The van der Waals surface area contributed by atoms with Crippen LogP contribution in [0, 0.1) is 6.92 Å². The molecular formula is C11H14N6O. The quantitative estimate of drug-likeness (QED) is 0.727. The van der Waals surface area contributed by atoms with Crippen molar-refractivity contribution in [3.05, 3.63) is 29.7 Å². The summed E-state index contributed by atoms with van der Waals surface area (Å²) in [5, 5.41) is 16.9. The molecule has 3 rings (SSSR count).